The van der Waals surface area contributed by atoms with Gasteiger partial charge in [-0.3, -0.25) is 0 Å². The van der Waals surface area contributed by atoms with Crippen LogP contribution in [0.2, 0.25) is 0 Å². The predicted octanol–water partition coefficient (Wildman–Crippen LogP) is 3.21. The number of rotatable bonds is 5. The number of ether oxygens (including phenoxy) is 1. The summed E-state index contributed by atoms with van der Waals surface area (Å²) in [7, 11) is 0. The molecule has 3 nitrogen and oxygen atoms in total. The van der Waals surface area contributed by atoms with Crippen LogP contribution in [0.5, 0.6) is 0 Å². The second kappa shape index (κ2) is 5.95. The van der Waals surface area contributed by atoms with Gasteiger partial charge in [0.15, 0.2) is 0 Å². The van der Waals surface area contributed by atoms with Crippen molar-refractivity contribution >= 4 is 17.7 Å². The van der Waals surface area contributed by atoms with Gasteiger partial charge < -0.3 is 10.1 Å². The molecule has 0 radical (unpaired) electrons. The molecular weight excluding hydrogens is 288 g/mol. The minimum absolute atomic E-state index is 0.126. The fourth-order valence-corrected chi connectivity index (χ4v) is 2.59. The Labute approximate surface area is 121 Å². The van der Waals surface area contributed by atoms with Crippen molar-refractivity contribution in [2.75, 3.05) is 19.0 Å². The van der Waals surface area contributed by atoms with Crippen LogP contribution in [0.3, 0.4) is 0 Å². The van der Waals surface area contributed by atoms with Gasteiger partial charge in [-0.15, -0.1) is 11.6 Å². The minimum Gasteiger partial charge on any atom is -0.448 e. The van der Waals surface area contributed by atoms with E-state index in [-0.39, 0.29) is 24.9 Å². The second-order valence-corrected chi connectivity index (χ2v) is 5.44. The number of halogens is 3. The Morgan fingerprint density at radius 2 is 2.25 bits per heavy atom. The maximum atomic E-state index is 13.9. The number of amides is 1. The Balaban J connectivity index is 2.05. The standard InChI is InChI=1S/C14H16ClF2NO2/c1-9-7-14(9,8-18-13(19)20-5-4-15)11-3-2-10(16)6-12(11)17/h2-3,6,9H,4-5,7-8H2,1H3,(H,18,19). The SMILES string of the molecule is CC1CC1(CNC(=O)OCCCl)c1ccc(F)cc1F. The van der Waals surface area contributed by atoms with Crippen molar-refractivity contribution < 1.29 is 18.3 Å². The molecule has 1 fully saturated rings. The molecular formula is C14H16ClF2NO2. The molecule has 0 aliphatic heterocycles. The predicted molar refractivity (Wildman–Crippen MR) is 71.9 cm³/mol. The maximum absolute atomic E-state index is 13.9. The van der Waals surface area contributed by atoms with Gasteiger partial charge >= 0.3 is 6.09 Å². The smallest absolute Gasteiger partial charge is 0.407 e. The Morgan fingerprint density at radius 3 is 2.80 bits per heavy atom. The molecule has 2 atom stereocenters. The topological polar surface area (TPSA) is 38.3 Å². The van der Waals surface area contributed by atoms with Crippen molar-refractivity contribution in [1.82, 2.24) is 5.32 Å². The highest BCUT2D eigenvalue weighted by Gasteiger charge is 2.53. The van der Waals surface area contributed by atoms with Crippen LogP contribution in [0.25, 0.3) is 0 Å². The first-order valence-electron chi connectivity index (χ1n) is 6.42. The molecule has 1 aromatic rings. The summed E-state index contributed by atoms with van der Waals surface area (Å²) in [5.41, 5.74) is -0.0401. The third-order valence-corrected chi connectivity index (χ3v) is 3.93. The van der Waals surface area contributed by atoms with Gasteiger partial charge in [0.1, 0.15) is 18.2 Å². The average molecular weight is 304 g/mol. The first-order chi connectivity index (χ1) is 9.49. The Hall–Kier alpha value is -1.36. The van der Waals surface area contributed by atoms with Gasteiger partial charge in [-0.25, -0.2) is 13.6 Å². The molecule has 1 N–H and O–H groups in total. The van der Waals surface area contributed by atoms with Crippen LogP contribution in [0.4, 0.5) is 13.6 Å². The van der Waals surface area contributed by atoms with E-state index in [1.807, 2.05) is 6.92 Å². The van der Waals surface area contributed by atoms with E-state index in [1.165, 1.54) is 12.1 Å². The highest BCUT2D eigenvalue weighted by atomic mass is 35.5. The van der Waals surface area contributed by atoms with E-state index in [2.05, 4.69) is 5.32 Å². The van der Waals surface area contributed by atoms with Crippen LogP contribution >= 0.6 is 11.6 Å². The van der Waals surface area contributed by atoms with E-state index in [0.717, 1.165) is 12.5 Å². The molecule has 2 rings (SSSR count). The Morgan fingerprint density at radius 1 is 1.55 bits per heavy atom. The van der Waals surface area contributed by atoms with E-state index < -0.39 is 23.1 Å². The number of hydrogen-bond acceptors (Lipinski definition) is 2. The van der Waals surface area contributed by atoms with E-state index in [9.17, 15) is 13.6 Å². The van der Waals surface area contributed by atoms with E-state index in [0.29, 0.717) is 5.56 Å². The molecule has 0 heterocycles. The molecule has 6 heteroatoms. The third-order valence-electron chi connectivity index (χ3n) is 3.78. The number of alkyl halides is 1. The summed E-state index contributed by atoms with van der Waals surface area (Å²) in [5, 5.41) is 2.61. The van der Waals surface area contributed by atoms with Gasteiger partial charge in [0.05, 0.1) is 5.88 Å². The quantitative estimate of drug-likeness (QED) is 0.848. The number of nitrogens with one attached hydrogen (secondary N) is 1. The molecule has 1 saturated carbocycles. The fourth-order valence-electron chi connectivity index (χ4n) is 2.51. The summed E-state index contributed by atoms with van der Waals surface area (Å²) >= 11 is 5.41. The van der Waals surface area contributed by atoms with Gasteiger partial charge in [0.2, 0.25) is 0 Å². The first kappa shape index (κ1) is 15.0. The fraction of sp³-hybridized carbons (Fsp3) is 0.500. The summed E-state index contributed by atoms with van der Waals surface area (Å²) in [6.07, 6.45) is 0.164. The van der Waals surface area contributed by atoms with Crippen LogP contribution in [0, 0.1) is 17.6 Å². The van der Waals surface area contributed by atoms with Crippen molar-refractivity contribution in [3.8, 4) is 0 Å². The van der Waals surface area contributed by atoms with Crippen molar-refractivity contribution in [2.45, 2.75) is 18.8 Å². The first-order valence-corrected chi connectivity index (χ1v) is 6.95. The van der Waals surface area contributed by atoms with E-state index in [4.69, 9.17) is 16.3 Å². The number of alkyl carbamates (subject to hydrolysis) is 1. The summed E-state index contributed by atoms with van der Waals surface area (Å²) in [6.45, 7) is 2.35. The molecule has 2 unspecified atom stereocenters. The van der Waals surface area contributed by atoms with Gasteiger partial charge in [0, 0.05) is 18.0 Å². The van der Waals surface area contributed by atoms with Gasteiger partial charge in [-0.05, 0) is 24.0 Å². The molecule has 1 amide bonds. The summed E-state index contributed by atoms with van der Waals surface area (Å²) in [6, 6.07) is 3.55. The third kappa shape index (κ3) is 3.03. The zero-order chi connectivity index (χ0) is 14.8. The minimum atomic E-state index is -0.607. The molecule has 1 aliphatic carbocycles. The van der Waals surface area contributed by atoms with Gasteiger partial charge in [0.25, 0.3) is 0 Å². The zero-order valence-electron chi connectivity index (χ0n) is 11.1. The van der Waals surface area contributed by atoms with Crippen molar-refractivity contribution in [3.05, 3.63) is 35.4 Å². The Kier molecular flexibility index (Phi) is 4.48. The molecule has 1 aromatic carbocycles. The van der Waals surface area contributed by atoms with Crippen LogP contribution in [-0.2, 0) is 10.2 Å². The summed E-state index contributed by atoms with van der Waals surface area (Å²) in [4.78, 5) is 11.4. The monoisotopic (exact) mass is 303 g/mol. The number of carbonyl (C=O) groups excluding carboxylic acids is 1. The largest absolute Gasteiger partial charge is 0.448 e. The zero-order valence-corrected chi connectivity index (χ0v) is 11.8. The van der Waals surface area contributed by atoms with Crippen LogP contribution in [0.1, 0.15) is 18.9 Å². The molecule has 0 aromatic heterocycles. The maximum Gasteiger partial charge on any atom is 0.407 e. The highest BCUT2D eigenvalue weighted by Crippen LogP contribution is 2.54. The normalized spacial score (nSPS) is 24.3. The number of carbonyl (C=O) groups is 1. The lowest BCUT2D eigenvalue weighted by Crippen LogP contribution is -2.34. The molecule has 1 aliphatic rings. The van der Waals surface area contributed by atoms with Gasteiger partial charge in [-0.2, -0.15) is 0 Å². The lowest BCUT2D eigenvalue weighted by Gasteiger charge is -2.18. The van der Waals surface area contributed by atoms with E-state index >= 15 is 0 Å². The molecule has 0 spiro atoms. The molecule has 0 bridgehead atoms. The van der Waals surface area contributed by atoms with Crippen molar-refractivity contribution in [1.29, 1.82) is 0 Å². The number of benzene rings is 1. The lowest BCUT2D eigenvalue weighted by molar-refractivity contribution is 0.151. The molecule has 110 valence electrons. The second-order valence-electron chi connectivity index (χ2n) is 5.06. The molecule has 0 saturated heterocycles. The Bertz CT molecular complexity index is 512. The van der Waals surface area contributed by atoms with Crippen LogP contribution in [-0.4, -0.2) is 25.1 Å². The summed E-state index contributed by atoms with van der Waals surface area (Å²) < 4.78 is 31.6. The van der Waals surface area contributed by atoms with Gasteiger partial charge in [-0.1, -0.05) is 13.0 Å². The van der Waals surface area contributed by atoms with Crippen molar-refractivity contribution in [3.63, 3.8) is 0 Å². The lowest BCUT2D eigenvalue weighted by atomic mass is 9.93. The highest BCUT2D eigenvalue weighted by molar-refractivity contribution is 6.18. The van der Waals surface area contributed by atoms with E-state index in [1.54, 1.807) is 0 Å². The van der Waals surface area contributed by atoms with Crippen LogP contribution in [0.15, 0.2) is 18.2 Å². The van der Waals surface area contributed by atoms with Crippen LogP contribution < -0.4 is 5.32 Å². The average Bonchev–Trinajstić information content (AvgIpc) is 3.05. The number of hydrogen-bond donors (Lipinski definition) is 1. The van der Waals surface area contributed by atoms with Crippen molar-refractivity contribution in [2.24, 2.45) is 5.92 Å². The summed E-state index contributed by atoms with van der Waals surface area (Å²) in [5.74, 6) is -0.744. The molecule has 20 heavy (non-hydrogen) atoms.